The van der Waals surface area contributed by atoms with Gasteiger partial charge in [-0.3, -0.25) is 4.79 Å². The highest BCUT2D eigenvalue weighted by atomic mass is 32.1. The summed E-state index contributed by atoms with van der Waals surface area (Å²) >= 11 is 3.77. The molecule has 0 aliphatic carbocycles. The van der Waals surface area contributed by atoms with Gasteiger partial charge < -0.3 is 0 Å². The summed E-state index contributed by atoms with van der Waals surface area (Å²) in [6, 6.07) is 7.70. The number of rotatable bonds is 4. The Morgan fingerprint density at radius 3 is 2.36 bits per heavy atom. The minimum atomic E-state index is -0.167. The van der Waals surface area contributed by atoms with Crippen LogP contribution >= 0.6 is 12.6 Å². The first-order valence-electron chi connectivity index (χ1n) is 4.95. The second kappa shape index (κ2) is 5.20. The van der Waals surface area contributed by atoms with E-state index in [-0.39, 0.29) is 5.12 Å². The van der Waals surface area contributed by atoms with E-state index in [0.29, 0.717) is 11.5 Å². The zero-order chi connectivity index (χ0) is 10.6. The number of hydrogen-bond donors (Lipinski definition) is 1. The molecule has 0 aliphatic rings. The van der Waals surface area contributed by atoms with E-state index in [1.165, 1.54) is 12.0 Å². The maximum atomic E-state index is 10.9. The van der Waals surface area contributed by atoms with Crippen molar-refractivity contribution in [1.82, 2.24) is 0 Å². The molecule has 1 nitrogen and oxygen atoms in total. The van der Waals surface area contributed by atoms with Crippen molar-refractivity contribution >= 4 is 17.7 Å². The van der Waals surface area contributed by atoms with Crippen LogP contribution in [0.15, 0.2) is 24.3 Å². The minimum absolute atomic E-state index is 0.167. The Kier molecular flexibility index (Phi) is 4.21. The van der Waals surface area contributed by atoms with Gasteiger partial charge in [-0.05, 0) is 17.9 Å². The van der Waals surface area contributed by atoms with Crippen LogP contribution in [-0.2, 0) is 6.42 Å². The van der Waals surface area contributed by atoms with Crippen molar-refractivity contribution in [2.24, 2.45) is 5.92 Å². The third-order valence-corrected chi connectivity index (χ3v) is 2.74. The predicted octanol–water partition coefficient (Wildman–Crippen LogP) is 3.35. The molecule has 0 spiro atoms. The molecule has 0 saturated carbocycles. The van der Waals surface area contributed by atoms with Gasteiger partial charge in [0, 0.05) is 5.56 Å². The van der Waals surface area contributed by atoms with Crippen molar-refractivity contribution < 1.29 is 4.79 Å². The van der Waals surface area contributed by atoms with Crippen LogP contribution in [0.4, 0.5) is 0 Å². The Morgan fingerprint density at radius 2 is 1.93 bits per heavy atom. The van der Waals surface area contributed by atoms with Crippen molar-refractivity contribution in [2.75, 3.05) is 0 Å². The van der Waals surface area contributed by atoms with E-state index in [9.17, 15) is 4.79 Å². The average molecular weight is 208 g/mol. The SMILES string of the molecule is CCC(C)Cc1ccc(C(=O)S)cc1. The van der Waals surface area contributed by atoms with Crippen LogP contribution in [0.5, 0.6) is 0 Å². The lowest BCUT2D eigenvalue weighted by molar-refractivity contribution is 0.109. The summed E-state index contributed by atoms with van der Waals surface area (Å²) in [5.41, 5.74) is 1.96. The summed E-state index contributed by atoms with van der Waals surface area (Å²) in [5, 5.41) is -0.167. The van der Waals surface area contributed by atoms with Gasteiger partial charge in [-0.1, -0.05) is 44.5 Å². The monoisotopic (exact) mass is 208 g/mol. The van der Waals surface area contributed by atoms with E-state index in [4.69, 9.17) is 0 Å². The van der Waals surface area contributed by atoms with Crippen molar-refractivity contribution in [3.05, 3.63) is 35.4 Å². The molecule has 0 heterocycles. The van der Waals surface area contributed by atoms with Crippen LogP contribution in [0.25, 0.3) is 0 Å². The topological polar surface area (TPSA) is 17.1 Å². The quantitative estimate of drug-likeness (QED) is 0.751. The summed E-state index contributed by atoms with van der Waals surface area (Å²) in [5.74, 6) is 0.701. The van der Waals surface area contributed by atoms with Gasteiger partial charge in [0.05, 0.1) is 0 Å². The molecule has 1 atom stereocenters. The van der Waals surface area contributed by atoms with Gasteiger partial charge in [0.1, 0.15) is 0 Å². The van der Waals surface area contributed by atoms with Crippen LogP contribution in [0.3, 0.4) is 0 Å². The molecule has 1 rings (SSSR count). The molecule has 0 radical (unpaired) electrons. The number of thiol groups is 1. The molecule has 0 amide bonds. The molecule has 0 bridgehead atoms. The third-order valence-electron chi connectivity index (χ3n) is 2.48. The van der Waals surface area contributed by atoms with Gasteiger partial charge in [-0.25, -0.2) is 0 Å². The number of hydrogen-bond acceptors (Lipinski definition) is 1. The van der Waals surface area contributed by atoms with E-state index in [1.807, 2.05) is 24.3 Å². The van der Waals surface area contributed by atoms with Crippen molar-refractivity contribution in [3.63, 3.8) is 0 Å². The summed E-state index contributed by atoms with van der Waals surface area (Å²) < 4.78 is 0. The molecule has 1 unspecified atom stereocenters. The van der Waals surface area contributed by atoms with E-state index >= 15 is 0 Å². The van der Waals surface area contributed by atoms with Crippen LogP contribution in [0.1, 0.15) is 36.2 Å². The fourth-order valence-electron chi connectivity index (χ4n) is 1.33. The van der Waals surface area contributed by atoms with E-state index in [2.05, 4.69) is 26.5 Å². The molecule has 0 saturated heterocycles. The zero-order valence-electron chi connectivity index (χ0n) is 8.66. The Hall–Kier alpha value is -0.760. The number of benzene rings is 1. The molecule has 14 heavy (non-hydrogen) atoms. The van der Waals surface area contributed by atoms with E-state index in [1.54, 1.807) is 0 Å². The van der Waals surface area contributed by atoms with Crippen molar-refractivity contribution in [3.8, 4) is 0 Å². The summed E-state index contributed by atoms with van der Waals surface area (Å²) in [6.07, 6.45) is 2.27. The fourth-order valence-corrected chi connectivity index (χ4v) is 1.48. The second-order valence-corrected chi connectivity index (χ2v) is 4.13. The molecule has 1 aromatic carbocycles. The lowest BCUT2D eigenvalue weighted by Gasteiger charge is -2.08. The predicted molar refractivity (Wildman–Crippen MR) is 62.9 cm³/mol. The Balaban J connectivity index is 2.68. The average Bonchev–Trinajstić information content (AvgIpc) is 2.18. The Bertz CT molecular complexity index is 303. The first-order valence-corrected chi connectivity index (χ1v) is 5.40. The van der Waals surface area contributed by atoms with Gasteiger partial charge in [0.25, 0.3) is 0 Å². The van der Waals surface area contributed by atoms with Crippen LogP contribution in [0, 0.1) is 5.92 Å². The van der Waals surface area contributed by atoms with E-state index < -0.39 is 0 Å². The normalized spacial score (nSPS) is 12.5. The summed E-state index contributed by atoms with van der Waals surface area (Å²) in [4.78, 5) is 10.9. The highest BCUT2D eigenvalue weighted by Gasteiger charge is 2.02. The fraction of sp³-hybridized carbons (Fsp3) is 0.417. The summed E-state index contributed by atoms with van der Waals surface area (Å²) in [6.45, 7) is 4.42. The molecule has 0 aliphatic heterocycles. The molecule has 0 N–H and O–H groups in total. The minimum Gasteiger partial charge on any atom is -0.282 e. The third kappa shape index (κ3) is 3.18. The standard InChI is InChI=1S/C12H16OS/c1-3-9(2)8-10-4-6-11(7-5-10)12(13)14/h4-7,9H,3,8H2,1-2H3,(H,13,14). The molecule has 76 valence electrons. The van der Waals surface area contributed by atoms with Crippen LogP contribution in [0.2, 0.25) is 0 Å². The molecule has 1 aromatic rings. The van der Waals surface area contributed by atoms with Crippen molar-refractivity contribution in [2.45, 2.75) is 26.7 Å². The first-order chi connectivity index (χ1) is 6.63. The molecule has 2 heteroatoms. The number of carbonyl (C=O) groups is 1. The van der Waals surface area contributed by atoms with Gasteiger partial charge in [-0.2, -0.15) is 0 Å². The Labute approximate surface area is 90.9 Å². The molecular weight excluding hydrogens is 192 g/mol. The van der Waals surface area contributed by atoms with Gasteiger partial charge >= 0.3 is 0 Å². The van der Waals surface area contributed by atoms with E-state index in [0.717, 1.165) is 6.42 Å². The molecule has 0 aromatic heterocycles. The Morgan fingerprint density at radius 1 is 1.36 bits per heavy atom. The lowest BCUT2D eigenvalue weighted by Crippen LogP contribution is -1.98. The molecule has 0 fully saturated rings. The van der Waals surface area contributed by atoms with Gasteiger partial charge in [0.15, 0.2) is 0 Å². The lowest BCUT2D eigenvalue weighted by atomic mass is 9.98. The molecular formula is C12H16OS. The van der Waals surface area contributed by atoms with Gasteiger partial charge in [0.2, 0.25) is 5.12 Å². The number of carbonyl (C=O) groups excluding carboxylic acids is 1. The zero-order valence-corrected chi connectivity index (χ0v) is 9.55. The first kappa shape index (κ1) is 11.3. The van der Waals surface area contributed by atoms with Crippen LogP contribution in [-0.4, -0.2) is 5.12 Å². The highest BCUT2D eigenvalue weighted by Crippen LogP contribution is 2.13. The highest BCUT2D eigenvalue weighted by molar-refractivity contribution is 7.97. The van der Waals surface area contributed by atoms with Gasteiger partial charge in [-0.15, -0.1) is 12.6 Å². The maximum absolute atomic E-state index is 10.9. The maximum Gasteiger partial charge on any atom is 0.216 e. The largest absolute Gasteiger partial charge is 0.282 e. The smallest absolute Gasteiger partial charge is 0.216 e. The van der Waals surface area contributed by atoms with Crippen molar-refractivity contribution in [1.29, 1.82) is 0 Å². The van der Waals surface area contributed by atoms with Crippen LogP contribution < -0.4 is 0 Å². The second-order valence-electron chi connectivity index (χ2n) is 3.72. The summed E-state index contributed by atoms with van der Waals surface area (Å²) in [7, 11) is 0.